The van der Waals surface area contributed by atoms with E-state index in [1.165, 1.54) is 31.4 Å². The Morgan fingerprint density at radius 1 is 1.00 bits per heavy atom. The van der Waals surface area contributed by atoms with Gasteiger partial charge in [-0.05, 0) is 54.0 Å². The first kappa shape index (κ1) is 23.3. The third-order valence-electron chi connectivity index (χ3n) is 6.34. The van der Waals surface area contributed by atoms with Gasteiger partial charge in [-0.25, -0.2) is 0 Å². The van der Waals surface area contributed by atoms with Crippen molar-refractivity contribution in [3.05, 3.63) is 58.6 Å². The van der Waals surface area contributed by atoms with Gasteiger partial charge in [0, 0.05) is 23.5 Å². The normalized spacial score (nSPS) is 19.6. The number of halogens is 1. The van der Waals surface area contributed by atoms with E-state index in [1.54, 1.807) is 12.1 Å². The van der Waals surface area contributed by atoms with Crippen LogP contribution in [0.2, 0.25) is 5.02 Å². The molecule has 0 N–H and O–H groups in total. The zero-order chi connectivity index (χ0) is 20.4. The summed E-state index contributed by atoms with van der Waals surface area (Å²) in [4.78, 5) is 25.9. The first-order valence-electron chi connectivity index (χ1n) is 10.4. The molecule has 1 saturated carbocycles. The fourth-order valence-electron chi connectivity index (χ4n) is 4.66. The van der Waals surface area contributed by atoms with Gasteiger partial charge >= 0.3 is 29.6 Å². The van der Waals surface area contributed by atoms with Crippen LogP contribution in [-0.4, -0.2) is 29.4 Å². The number of hydrogen-bond acceptors (Lipinski definition) is 3. The van der Waals surface area contributed by atoms with Gasteiger partial charge < -0.3 is 14.8 Å². The van der Waals surface area contributed by atoms with Crippen LogP contribution < -0.4 is 34.7 Å². The summed E-state index contributed by atoms with van der Waals surface area (Å²) < 4.78 is 0. The summed E-state index contributed by atoms with van der Waals surface area (Å²) in [6.07, 6.45) is 7.62. The van der Waals surface area contributed by atoms with Crippen molar-refractivity contribution in [3.63, 3.8) is 0 Å². The van der Waals surface area contributed by atoms with Crippen molar-refractivity contribution in [2.24, 2.45) is 5.92 Å². The Bertz CT molecular complexity index is 909. The van der Waals surface area contributed by atoms with Crippen LogP contribution in [0.5, 0.6) is 0 Å². The molecule has 2 aromatic carbocycles. The monoisotopic (exact) mass is 433 g/mol. The van der Waals surface area contributed by atoms with Gasteiger partial charge in [0.15, 0.2) is 0 Å². The van der Waals surface area contributed by atoms with Gasteiger partial charge in [-0.3, -0.25) is 4.79 Å². The number of carboxylic acids is 1. The van der Waals surface area contributed by atoms with E-state index in [0.29, 0.717) is 17.5 Å². The molecule has 1 saturated heterocycles. The zero-order valence-electron chi connectivity index (χ0n) is 17.4. The van der Waals surface area contributed by atoms with Gasteiger partial charge in [-0.2, -0.15) is 0 Å². The number of carbonyl (C=O) groups excluding carboxylic acids is 2. The Balaban J connectivity index is 0.00000256. The third-order valence-corrected chi connectivity index (χ3v) is 6.69. The Morgan fingerprint density at radius 3 is 2.30 bits per heavy atom. The average molecular weight is 434 g/mol. The van der Waals surface area contributed by atoms with Crippen LogP contribution >= 0.6 is 11.6 Å². The molecule has 4 rings (SSSR count). The minimum atomic E-state index is -1.19. The fourth-order valence-corrected chi connectivity index (χ4v) is 4.92. The second kappa shape index (κ2) is 10.3. The van der Waals surface area contributed by atoms with Crippen LogP contribution in [0, 0.1) is 5.92 Å². The molecule has 152 valence electrons. The molecule has 30 heavy (non-hydrogen) atoms. The molecule has 1 amide bonds. The van der Waals surface area contributed by atoms with Crippen molar-refractivity contribution >= 4 is 23.5 Å². The molecule has 0 radical (unpaired) electrons. The summed E-state index contributed by atoms with van der Waals surface area (Å²) in [5, 5.41) is 11.5. The van der Waals surface area contributed by atoms with Crippen LogP contribution in [0.15, 0.2) is 42.5 Å². The molecule has 1 aliphatic heterocycles. The topological polar surface area (TPSA) is 60.4 Å². The standard InChI is InChI=1S/C24H26ClNO3.Na/c25-22-15-18(16-6-8-17(9-7-16)24(28)29)10-11-19(22)14-20-12-13-26(23(20)27)21-4-2-1-3-5-21;/h6-11,15,20-21H,1-5,12-14H2,(H,28,29);/q;+1/p-1. The van der Waals surface area contributed by atoms with Crippen LogP contribution in [0.1, 0.15) is 54.4 Å². The number of carbonyl (C=O) groups is 2. The predicted octanol–water partition coefficient (Wildman–Crippen LogP) is 1.10. The summed E-state index contributed by atoms with van der Waals surface area (Å²) in [6, 6.07) is 12.9. The minimum absolute atomic E-state index is 0. The van der Waals surface area contributed by atoms with Crippen LogP contribution in [0.3, 0.4) is 0 Å². The van der Waals surface area contributed by atoms with Crippen LogP contribution in [0.4, 0.5) is 0 Å². The fraction of sp³-hybridized carbons (Fsp3) is 0.417. The van der Waals surface area contributed by atoms with E-state index in [-0.39, 0.29) is 46.9 Å². The molecule has 1 heterocycles. The maximum absolute atomic E-state index is 12.9. The van der Waals surface area contributed by atoms with Crippen LogP contribution in [0.25, 0.3) is 11.1 Å². The first-order chi connectivity index (χ1) is 14.0. The quantitative estimate of drug-likeness (QED) is 0.663. The smallest absolute Gasteiger partial charge is 0.545 e. The SMILES string of the molecule is O=C([O-])c1ccc(-c2ccc(CC3CCN(C4CCCCC4)C3=O)c(Cl)c2)cc1.[Na+]. The predicted molar refractivity (Wildman–Crippen MR) is 112 cm³/mol. The number of benzene rings is 2. The number of likely N-dealkylation sites (tertiary alicyclic amines) is 1. The molecule has 2 fully saturated rings. The number of amides is 1. The van der Waals surface area contributed by atoms with E-state index >= 15 is 0 Å². The van der Waals surface area contributed by atoms with Gasteiger partial charge in [0.1, 0.15) is 0 Å². The molecular weight excluding hydrogens is 409 g/mol. The van der Waals surface area contributed by atoms with E-state index in [0.717, 1.165) is 42.5 Å². The number of aromatic carboxylic acids is 1. The van der Waals surface area contributed by atoms with E-state index in [4.69, 9.17) is 11.6 Å². The molecule has 0 spiro atoms. The molecule has 4 nitrogen and oxygen atoms in total. The summed E-state index contributed by atoms with van der Waals surface area (Å²) in [5.74, 6) is -0.883. The van der Waals surface area contributed by atoms with Crippen molar-refractivity contribution in [2.45, 2.75) is 51.0 Å². The average Bonchev–Trinajstić information content (AvgIpc) is 3.10. The Labute approximate surface area is 204 Å². The largest absolute Gasteiger partial charge is 1.00 e. The van der Waals surface area contributed by atoms with Gasteiger partial charge in [0.25, 0.3) is 0 Å². The number of nitrogens with zero attached hydrogens (tertiary/aromatic N) is 1. The van der Waals surface area contributed by atoms with Crippen LogP contribution in [-0.2, 0) is 11.2 Å². The summed E-state index contributed by atoms with van der Waals surface area (Å²) in [5.41, 5.74) is 2.96. The summed E-state index contributed by atoms with van der Waals surface area (Å²) in [6.45, 7) is 0.870. The van der Waals surface area contributed by atoms with E-state index < -0.39 is 5.97 Å². The molecule has 0 aromatic heterocycles. The Hall–Kier alpha value is -1.33. The second-order valence-electron chi connectivity index (χ2n) is 8.18. The first-order valence-corrected chi connectivity index (χ1v) is 10.8. The molecular formula is C24H25ClNNaO3. The number of rotatable bonds is 5. The molecule has 6 heteroatoms. The zero-order valence-corrected chi connectivity index (χ0v) is 20.2. The van der Waals surface area contributed by atoms with Crippen molar-refractivity contribution < 1.29 is 44.3 Å². The minimum Gasteiger partial charge on any atom is -0.545 e. The van der Waals surface area contributed by atoms with Crippen molar-refractivity contribution in [1.29, 1.82) is 0 Å². The van der Waals surface area contributed by atoms with Crippen molar-refractivity contribution in [1.82, 2.24) is 4.90 Å². The maximum Gasteiger partial charge on any atom is 1.00 e. The number of carboxylic acid groups (broad SMARTS) is 1. The maximum atomic E-state index is 12.9. The van der Waals surface area contributed by atoms with E-state index in [1.807, 2.05) is 18.2 Å². The third kappa shape index (κ3) is 5.11. The molecule has 0 bridgehead atoms. The summed E-state index contributed by atoms with van der Waals surface area (Å²) >= 11 is 6.54. The second-order valence-corrected chi connectivity index (χ2v) is 8.59. The molecule has 1 aliphatic carbocycles. The molecule has 1 atom stereocenters. The van der Waals surface area contributed by atoms with Gasteiger partial charge in [-0.1, -0.05) is 67.3 Å². The Morgan fingerprint density at radius 2 is 1.67 bits per heavy atom. The molecule has 1 unspecified atom stereocenters. The van der Waals surface area contributed by atoms with Crippen molar-refractivity contribution in [2.75, 3.05) is 6.54 Å². The van der Waals surface area contributed by atoms with E-state index in [9.17, 15) is 14.7 Å². The number of hydrogen-bond donors (Lipinski definition) is 0. The van der Waals surface area contributed by atoms with Gasteiger partial charge in [0.2, 0.25) is 5.91 Å². The van der Waals surface area contributed by atoms with Gasteiger partial charge in [0.05, 0.1) is 5.97 Å². The summed E-state index contributed by atoms with van der Waals surface area (Å²) in [7, 11) is 0. The van der Waals surface area contributed by atoms with E-state index in [2.05, 4.69) is 4.90 Å². The van der Waals surface area contributed by atoms with Gasteiger partial charge in [-0.15, -0.1) is 0 Å². The Kier molecular flexibility index (Phi) is 8.03. The van der Waals surface area contributed by atoms with Crippen molar-refractivity contribution in [3.8, 4) is 11.1 Å². The molecule has 2 aliphatic rings. The molecule has 2 aromatic rings.